The summed E-state index contributed by atoms with van der Waals surface area (Å²) in [6.07, 6.45) is 0. The van der Waals surface area contributed by atoms with E-state index in [-0.39, 0.29) is 16.2 Å². The van der Waals surface area contributed by atoms with E-state index in [4.69, 9.17) is 4.74 Å². The average Bonchev–Trinajstić information content (AvgIpc) is 2.46. The smallest absolute Gasteiger partial charge is 0.339 e. The highest BCUT2D eigenvalue weighted by atomic mass is 32.2. The fourth-order valence-corrected chi connectivity index (χ4v) is 3.22. The molecule has 0 unspecified atom stereocenters. The zero-order valence-electron chi connectivity index (χ0n) is 12.0. The maximum absolute atomic E-state index is 12.4. The summed E-state index contributed by atoms with van der Waals surface area (Å²) in [5, 5.41) is 9.21. The third kappa shape index (κ3) is 3.20. The van der Waals surface area contributed by atoms with Gasteiger partial charge in [0.2, 0.25) is 0 Å². The fraction of sp³-hybridized carbons (Fsp3) is 0.133. The Hall–Kier alpha value is -2.54. The van der Waals surface area contributed by atoms with Gasteiger partial charge in [-0.15, -0.1) is 0 Å². The van der Waals surface area contributed by atoms with Crippen LogP contribution in [0.2, 0.25) is 0 Å². The number of anilines is 1. The second kappa shape index (κ2) is 6.07. The minimum Gasteiger partial charge on any atom is -0.496 e. The second-order valence-corrected chi connectivity index (χ2v) is 6.28. The van der Waals surface area contributed by atoms with E-state index in [1.54, 1.807) is 37.3 Å². The van der Waals surface area contributed by atoms with E-state index in [9.17, 15) is 18.3 Å². The molecule has 0 aliphatic rings. The van der Waals surface area contributed by atoms with E-state index in [0.717, 1.165) is 6.07 Å². The largest absolute Gasteiger partial charge is 0.496 e. The van der Waals surface area contributed by atoms with E-state index in [2.05, 4.69) is 4.72 Å². The molecule has 0 aliphatic carbocycles. The molecule has 22 heavy (non-hydrogen) atoms. The van der Waals surface area contributed by atoms with Gasteiger partial charge in [-0.25, -0.2) is 13.2 Å². The van der Waals surface area contributed by atoms with Crippen LogP contribution in [-0.4, -0.2) is 26.6 Å². The van der Waals surface area contributed by atoms with Crippen molar-refractivity contribution in [2.24, 2.45) is 0 Å². The minimum absolute atomic E-state index is 0.132. The van der Waals surface area contributed by atoms with E-state index < -0.39 is 16.0 Å². The predicted octanol–water partition coefficient (Wildman–Crippen LogP) is 2.50. The van der Waals surface area contributed by atoms with Crippen LogP contribution in [0, 0.1) is 6.92 Å². The van der Waals surface area contributed by atoms with Gasteiger partial charge in [0.15, 0.2) is 0 Å². The lowest BCUT2D eigenvalue weighted by Crippen LogP contribution is -2.14. The highest BCUT2D eigenvalue weighted by Gasteiger charge is 2.21. The lowest BCUT2D eigenvalue weighted by molar-refractivity contribution is 0.0693. The van der Waals surface area contributed by atoms with Crippen LogP contribution in [0.4, 0.5) is 5.69 Å². The molecule has 0 amide bonds. The first-order valence-corrected chi connectivity index (χ1v) is 7.83. The Morgan fingerprint density at radius 1 is 1.18 bits per heavy atom. The first-order chi connectivity index (χ1) is 10.3. The first-order valence-electron chi connectivity index (χ1n) is 6.35. The van der Waals surface area contributed by atoms with Crippen molar-refractivity contribution in [1.29, 1.82) is 0 Å². The van der Waals surface area contributed by atoms with Gasteiger partial charge in [0.05, 0.1) is 12.0 Å². The summed E-state index contributed by atoms with van der Waals surface area (Å²) in [5.41, 5.74) is 0.625. The molecule has 2 aromatic rings. The monoisotopic (exact) mass is 321 g/mol. The molecule has 7 heteroatoms. The summed E-state index contributed by atoms with van der Waals surface area (Å²) in [7, 11) is -2.55. The highest BCUT2D eigenvalue weighted by Crippen LogP contribution is 2.28. The number of hydrogen-bond acceptors (Lipinski definition) is 4. The van der Waals surface area contributed by atoms with E-state index >= 15 is 0 Å². The Kier molecular flexibility index (Phi) is 4.37. The Bertz CT molecular complexity index is 800. The van der Waals surface area contributed by atoms with Crippen LogP contribution in [0.3, 0.4) is 0 Å². The van der Waals surface area contributed by atoms with Gasteiger partial charge in [-0.05, 0) is 36.8 Å². The number of hydrogen-bond donors (Lipinski definition) is 2. The summed E-state index contributed by atoms with van der Waals surface area (Å²) in [4.78, 5) is 11.1. The molecule has 0 saturated carbocycles. The van der Waals surface area contributed by atoms with Crippen molar-refractivity contribution in [1.82, 2.24) is 0 Å². The van der Waals surface area contributed by atoms with Gasteiger partial charge in [0.1, 0.15) is 11.3 Å². The maximum Gasteiger partial charge on any atom is 0.339 e. The summed E-state index contributed by atoms with van der Waals surface area (Å²) in [6, 6.07) is 10.8. The molecule has 0 aromatic heterocycles. The average molecular weight is 321 g/mol. The molecule has 0 radical (unpaired) electrons. The Morgan fingerprint density at radius 2 is 1.82 bits per heavy atom. The van der Waals surface area contributed by atoms with Crippen molar-refractivity contribution in [3.05, 3.63) is 53.6 Å². The minimum atomic E-state index is -3.89. The van der Waals surface area contributed by atoms with Crippen LogP contribution in [-0.2, 0) is 10.0 Å². The number of ether oxygens (including phenoxy) is 1. The molecule has 116 valence electrons. The van der Waals surface area contributed by atoms with Gasteiger partial charge in [0, 0.05) is 5.69 Å². The molecule has 0 spiro atoms. The number of methoxy groups -OCH3 is 1. The van der Waals surface area contributed by atoms with Crippen molar-refractivity contribution in [2.75, 3.05) is 11.8 Å². The summed E-state index contributed by atoms with van der Waals surface area (Å²) in [5.74, 6) is -1.11. The van der Waals surface area contributed by atoms with Crippen molar-refractivity contribution in [3.8, 4) is 5.75 Å². The number of carboxylic acid groups (broad SMARTS) is 1. The van der Waals surface area contributed by atoms with Gasteiger partial charge in [0.25, 0.3) is 10.0 Å². The molecular formula is C15H15NO5S. The predicted molar refractivity (Wildman–Crippen MR) is 81.9 cm³/mol. The number of aryl methyl sites for hydroxylation is 1. The number of nitrogens with one attached hydrogen (secondary N) is 1. The zero-order valence-corrected chi connectivity index (χ0v) is 12.8. The Morgan fingerprint density at radius 3 is 2.36 bits per heavy atom. The van der Waals surface area contributed by atoms with Crippen LogP contribution < -0.4 is 9.46 Å². The topological polar surface area (TPSA) is 92.7 Å². The molecule has 0 aliphatic heterocycles. The van der Waals surface area contributed by atoms with Gasteiger partial charge in [-0.1, -0.05) is 18.2 Å². The molecule has 0 saturated heterocycles. The van der Waals surface area contributed by atoms with Gasteiger partial charge in [-0.3, -0.25) is 4.72 Å². The summed E-state index contributed by atoms with van der Waals surface area (Å²) >= 11 is 0. The van der Waals surface area contributed by atoms with E-state index in [1.165, 1.54) is 13.2 Å². The van der Waals surface area contributed by atoms with Crippen LogP contribution >= 0.6 is 0 Å². The number of benzene rings is 2. The summed E-state index contributed by atoms with van der Waals surface area (Å²) in [6.45, 7) is 1.59. The summed E-state index contributed by atoms with van der Waals surface area (Å²) < 4.78 is 32.2. The SMILES string of the molecule is COc1c(C)cc(S(=O)(=O)Nc2ccccc2)cc1C(=O)O. The fourth-order valence-electron chi connectivity index (χ4n) is 2.05. The quantitative estimate of drug-likeness (QED) is 0.882. The third-order valence-corrected chi connectivity index (χ3v) is 4.38. The number of sulfonamides is 1. The number of para-hydroxylation sites is 1. The normalized spacial score (nSPS) is 11.0. The van der Waals surface area contributed by atoms with E-state index in [0.29, 0.717) is 11.3 Å². The lowest BCUT2D eigenvalue weighted by Gasteiger charge is -2.13. The van der Waals surface area contributed by atoms with Crippen LogP contribution in [0.15, 0.2) is 47.4 Å². The Labute approximate surface area is 128 Å². The zero-order chi connectivity index (χ0) is 16.3. The number of aromatic carboxylic acids is 1. The standard InChI is InChI=1S/C15H15NO5S/c1-10-8-12(9-13(15(17)18)14(10)21-2)22(19,20)16-11-6-4-3-5-7-11/h3-9,16H,1-2H3,(H,17,18). The maximum atomic E-state index is 12.4. The molecule has 0 fully saturated rings. The molecular weight excluding hydrogens is 306 g/mol. The molecule has 2 aromatic carbocycles. The van der Waals surface area contributed by atoms with Gasteiger partial charge >= 0.3 is 5.97 Å². The van der Waals surface area contributed by atoms with Crippen LogP contribution in [0.25, 0.3) is 0 Å². The van der Waals surface area contributed by atoms with Crippen molar-refractivity contribution < 1.29 is 23.1 Å². The number of rotatable bonds is 5. The number of carbonyl (C=O) groups is 1. The van der Waals surface area contributed by atoms with Crippen LogP contribution in [0.5, 0.6) is 5.75 Å². The Balaban J connectivity index is 2.50. The highest BCUT2D eigenvalue weighted by molar-refractivity contribution is 7.92. The first kappa shape index (κ1) is 15.8. The molecule has 6 nitrogen and oxygen atoms in total. The lowest BCUT2D eigenvalue weighted by atomic mass is 10.1. The molecule has 0 atom stereocenters. The molecule has 2 rings (SSSR count). The van der Waals surface area contributed by atoms with Crippen molar-refractivity contribution in [2.45, 2.75) is 11.8 Å². The third-order valence-electron chi connectivity index (χ3n) is 3.02. The molecule has 0 heterocycles. The molecule has 2 N–H and O–H groups in total. The van der Waals surface area contributed by atoms with Gasteiger partial charge < -0.3 is 9.84 Å². The second-order valence-electron chi connectivity index (χ2n) is 4.60. The van der Waals surface area contributed by atoms with Gasteiger partial charge in [-0.2, -0.15) is 0 Å². The van der Waals surface area contributed by atoms with Crippen LogP contribution in [0.1, 0.15) is 15.9 Å². The van der Waals surface area contributed by atoms with E-state index in [1.807, 2.05) is 0 Å². The molecule has 0 bridgehead atoms. The van der Waals surface area contributed by atoms with Crippen molar-refractivity contribution in [3.63, 3.8) is 0 Å². The van der Waals surface area contributed by atoms with Crippen molar-refractivity contribution >= 4 is 21.7 Å². The number of carboxylic acids is 1.